The molecule has 0 radical (unpaired) electrons. The second-order valence-corrected chi connectivity index (χ2v) is 7.33. The van der Waals surface area contributed by atoms with Crippen molar-refractivity contribution in [2.75, 3.05) is 0 Å². The second-order valence-electron chi connectivity index (χ2n) is 6.38. The molecule has 0 fully saturated rings. The van der Waals surface area contributed by atoms with E-state index in [2.05, 4.69) is 54.9 Å². The van der Waals surface area contributed by atoms with Crippen molar-refractivity contribution in [1.29, 1.82) is 0 Å². The highest BCUT2D eigenvalue weighted by atomic mass is 32.1. The molecule has 2 heterocycles. The van der Waals surface area contributed by atoms with Gasteiger partial charge in [0.25, 0.3) is 0 Å². The molecule has 2 aromatic heterocycles. The first-order valence-electron chi connectivity index (χ1n) is 7.04. The third-order valence-electron chi connectivity index (χ3n) is 3.10. The maximum atomic E-state index is 4.74. The Morgan fingerprint density at radius 3 is 2.70 bits per heavy atom. The number of thiazole rings is 1. The van der Waals surface area contributed by atoms with E-state index in [0.717, 1.165) is 23.9 Å². The van der Waals surface area contributed by atoms with Crippen molar-refractivity contribution in [3.8, 4) is 0 Å². The van der Waals surface area contributed by atoms with Crippen LogP contribution in [0.3, 0.4) is 0 Å². The van der Waals surface area contributed by atoms with Crippen LogP contribution in [0.2, 0.25) is 0 Å². The van der Waals surface area contributed by atoms with Crippen LogP contribution in [-0.2, 0) is 18.5 Å². The molecule has 0 unspecified atom stereocenters. The molecule has 0 saturated carbocycles. The Balaban J connectivity index is 2.07. The summed E-state index contributed by atoms with van der Waals surface area (Å²) in [5, 5.41) is 6.71. The van der Waals surface area contributed by atoms with Gasteiger partial charge in [-0.3, -0.25) is 0 Å². The zero-order valence-corrected chi connectivity index (χ0v) is 13.8. The summed E-state index contributed by atoms with van der Waals surface area (Å²) in [6.07, 6.45) is 3.88. The van der Waals surface area contributed by atoms with E-state index < -0.39 is 0 Å². The van der Waals surface area contributed by atoms with Crippen LogP contribution >= 0.6 is 11.3 Å². The Morgan fingerprint density at radius 1 is 1.35 bits per heavy atom. The molecule has 1 N–H and O–H groups in total. The summed E-state index contributed by atoms with van der Waals surface area (Å²) in [4.78, 5) is 9.16. The molecule has 5 heteroatoms. The van der Waals surface area contributed by atoms with Crippen molar-refractivity contribution in [2.24, 2.45) is 0 Å². The van der Waals surface area contributed by atoms with E-state index >= 15 is 0 Å². The summed E-state index contributed by atoms with van der Waals surface area (Å²) >= 11 is 1.73. The predicted octanol–water partition coefficient (Wildman–Crippen LogP) is 3.18. The Labute approximate surface area is 125 Å². The van der Waals surface area contributed by atoms with Gasteiger partial charge >= 0.3 is 0 Å². The molecule has 4 nitrogen and oxygen atoms in total. The molecule has 2 rings (SSSR count). The topological polar surface area (TPSA) is 42.7 Å². The Morgan fingerprint density at radius 2 is 2.10 bits per heavy atom. The monoisotopic (exact) mass is 292 g/mol. The number of hydrogen-bond acceptors (Lipinski definition) is 4. The molecule has 0 aromatic carbocycles. The van der Waals surface area contributed by atoms with Gasteiger partial charge in [-0.05, 0) is 0 Å². The average Bonchev–Trinajstić information content (AvgIpc) is 2.95. The Hall–Kier alpha value is -1.20. The van der Waals surface area contributed by atoms with Gasteiger partial charge in [-0.1, -0.05) is 34.6 Å². The second kappa shape index (κ2) is 6.06. The zero-order chi connectivity index (χ0) is 14.8. The van der Waals surface area contributed by atoms with Gasteiger partial charge in [-0.15, -0.1) is 11.3 Å². The first-order chi connectivity index (χ1) is 9.36. The third-order valence-corrected chi connectivity index (χ3v) is 3.93. The zero-order valence-electron chi connectivity index (χ0n) is 13.0. The molecule has 110 valence electrons. The standard InChI is InChI=1S/C15H24N4S/c1-11(2)17-8-13-16-6-7-19(13)9-14-18-12(10-20-14)15(3,4)5/h6-7,10-11,17H,8-9H2,1-5H3. The lowest BCUT2D eigenvalue weighted by Crippen LogP contribution is -2.24. The first-order valence-corrected chi connectivity index (χ1v) is 7.92. The molecule has 0 aliphatic rings. The van der Waals surface area contributed by atoms with Crippen molar-refractivity contribution in [3.05, 3.63) is 34.3 Å². The predicted molar refractivity (Wildman–Crippen MR) is 84.1 cm³/mol. The fourth-order valence-electron chi connectivity index (χ4n) is 1.82. The van der Waals surface area contributed by atoms with Gasteiger partial charge in [0.1, 0.15) is 10.8 Å². The lowest BCUT2D eigenvalue weighted by molar-refractivity contribution is 0.551. The molecule has 0 spiro atoms. The minimum atomic E-state index is 0.117. The van der Waals surface area contributed by atoms with Crippen molar-refractivity contribution in [3.63, 3.8) is 0 Å². The van der Waals surface area contributed by atoms with Gasteiger partial charge in [-0.2, -0.15) is 0 Å². The largest absolute Gasteiger partial charge is 0.327 e. The van der Waals surface area contributed by atoms with E-state index in [0.29, 0.717) is 6.04 Å². The highest BCUT2D eigenvalue weighted by Crippen LogP contribution is 2.24. The minimum absolute atomic E-state index is 0.117. The molecule has 0 atom stereocenters. The number of rotatable bonds is 5. The van der Waals surface area contributed by atoms with E-state index in [-0.39, 0.29) is 5.41 Å². The van der Waals surface area contributed by atoms with Crippen molar-refractivity contribution >= 4 is 11.3 Å². The number of hydrogen-bond donors (Lipinski definition) is 1. The van der Waals surface area contributed by atoms with E-state index in [1.54, 1.807) is 11.3 Å². The molecule has 0 saturated heterocycles. The van der Waals surface area contributed by atoms with Crippen LogP contribution in [-0.4, -0.2) is 20.6 Å². The van der Waals surface area contributed by atoms with Crippen LogP contribution in [0.4, 0.5) is 0 Å². The van der Waals surface area contributed by atoms with E-state index in [1.807, 2.05) is 12.4 Å². The Bertz CT molecular complexity index is 548. The minimum Gasteiger partial charge on any atom is -0.327 e. The van der Waals surface area contributed by atoms with E-state index in [4.69, 9.17) is 4.98 Å². The van der Waals surface area contributed by atoms with Crippen LogP contribution in [0.1, 0.15) is 51.1 Å². The molecular formula is C15H24N4S. The maximum Gasteiger partial charge on any atom is 0.123 e. The summed E-state index contributed by atoms with van der Waals surface area (Å²) in [6, 6.07) is 0.465. The van der Waals surface area contributed by atoms with Crippen LogP contribution in [0, 0.1) is 0 Å². The maximum absolute atomic E-state index is 4.74. The molecule has 2 aromatic rings. The van der Waals surface area contributed by atoms with Crippen molar-refractivity contribution < 1.29 is 0 Å². The van der Waals surface area contributed by atoms with E-state index in [9.17, 15) is 0 Å². The lowest BCUT2D eigenvalue weighted by atomic mass is 9.93. The smallest absolute Gasteiger partial charge is 0.123 e. The summed E-state index contributed by atoms with van der Waals surface area (Å²) in [5.74, 6) is 1.06. The highest BCUT2D eigenvalue weighted by molar-refractivity contribution is 7.09. The fourth-order valence-corrected chi connectivity index (χ4v) is 2.84. The van der Waals surface area contributed by atoms with Crippen molar-refractivity contribution in [1.82, 2.24) is 19.9 Å². The average molecular weight is 292 g/mol. The number of aromatic nitrogens is 3. The summed E-state index contributed by atoms with van der Waals surface area (Å²) < 4.78 is 2.17. The van der Waals surface area contributed by atoms with Gasteiger partial charge in [0.2, 0.25) is 0 Å². The van der Waals surface area contributed by atoms with Gasteiger partial charge in [0, 0.05) is 29.2 Å². The lowest BCUT2D eigenvalue weighted by Gasteiger charge is -2.14. The quantitative estimate of drug-likeness (QED) is 0.920. The van der Waals surface area contributed by atoms with Gasteiger partial charge < -0.3 is 9.88 Å². The number of nitrogens with one attached hydrogen (secondary N) is 1. The molecule has 0 aliphatic heterocycles. The summed E-state index contributed by atoms with van der Waals surface area (Å²) in [6.45, 7) is 12.5. The van der Waals surface area contributed by atoms with Gasteiger partial charge in [-0.25, -0.2) is 9.97 Å². The van der Waals surface area contributed by atoms with Crippen LogP contribution < -0.4 is 5.32 Å². The SMILES string of the molecule is CC(C)NCc1nccn1Cc1nc(C(C)(C)C)cs1. The van der Waals surface area contributed by atoms with E-state index in [1.165, 1.54) is 5.69 Å². The number of nitrogens with zero attached hydrogens (tertiary/aromatic N) is 3. The van der Waals surface area contributed by atoms with Crippen LogP contribution in [0.15, 0.2) is 17.8 Å². The molecule has 20 heavy (non-hydrogen) atoms. The fraction of sp³-hybridized carbons (Fsp3) is 0.600. The molecule has 0 bridgehead atoms. The summed E-state index contributed by atoms with van der Waals surface area (Å²) in [5.41, 5.74) is 1.28. The van der Waals surface area contributed by atoms with Gasteiger partial charge in [0.05, 0.1) is 18.8 Å². The van der Waals surface area contributed by atoms with Crippen LogP contribution in [0.5, 0.6) is 0 Å². The Kier molecular flexibility index (Phi) is 4.60. The molecule has 0 aliphatic carbocycles. The third kappa shape index (κ3) is 3.90. The first kappa shape index (κ1) is 15.2. The highest BCUT2D eigenvalue weighted by Gasteiger charge is 2.17. The van der Waals surface area contributed by atoms with Crippen molar-refractivity contribution in [2.45, 2.75) is 59.2 Å². The number of imidazole rings is 1. The van der Waals surface area contributed by atoms with Gasteiger partial charge in [0.15, 0.2) is 0 Å². The van der Waals surface area contributed by atoms with Crippen LogP contribution in [0.25, 0.3) is 0 Å². The molecular weight excluding hydrogens is 268 g/mol. The normalized spacial score (nSPS) is 12.3. The summed E-state index contributed by atoms with van der Waals surface area (Å²) in [7, 11) is 0. The molecule has 0 amide bonds.